The fourth-order valence-electron chi connectivity index (χ4n) is 2.24. The zero-order valence-electron chi connectivity index (χ0n) is 11.2. The van der Waals surface area contributed by atoms with Gasteiger partial charge in [0.1, 0.15) is 10.6 Å². The minimum Gasteiger partial charge on any atom is -0.507 e. The molecule has 0 radical (unpaired) electrons. The number of aromatic hydroxyl groups is 1. The van der Waals surface area contributed by atoms with Crippen molar-refractivity contribution in [1.82, 2.24) is 9.62 Å². The highest BCUT2D eigenvalue weighted by Gasteiger charge is 2.28. The highest BCUT2D eigenvalue weighted by Crippen LogP contribution is 2.21. The van der Waals surface area contributed by atoms with E-state index in [-0.39, 0.29) is 16.6 Å². The lowest BCUT2D eigenvalue weighted by Crippen LogP contribution is -2.45. The predicted molar refractivity (Wildman–Crippen MR) is 73.7 cm³/mol. The molecule has 1 fully saturated rings. The number of hydrogen-bond acceptors (Lipinski definition) is 4. The largest absolute Gasteiger partial charge is 0.507 e. The summed E-state index contributed by atoms with van der Waals surface area (Å²) in [7, 11) is -3.91. The van der Waals surface area contributed by atoms with Crippen LogP contribution in [0.1, 0.15) is 19.8 Å². The van der Waals surface area contributed by atoms with Gasteiger partial charge in [0.05, 0.1) is 6.04 Å². The molecule has 110 valence electrons. The fourth-order valence-corrected chi connectivity index (χ4v) is 3.54. The van der Waals surface area contributed by atoms with Crippen LogP contribution in [-0.2, 0) is 14.8 Å². The molecule has 1 aromatic carbocycles. The van der Waals surface area contributed by atoms with Crippen molar-refractivity contribution >= 4 is 15.9 Å². The van der Waals surface area contributed by atoms with E-state index in [0.717, 1.165) is 12.8 Å². The number of nitrogens with zero attached hydrogens (tertiary/aromatic N) is 1. The number of likely N-dealkylation sites (tertiary alicyclic amines) is 1. The Balaban J connectivity index is 2.12. The van der Waals surface area contributed by atoms with Gasteiger partial charge in [0.2, 0.25) is 15.9 Å². The number of sulfonamides is 1. The molecule has 1 heterocycles. The number of phenols is 1. The minimum atomic E-state index is -3.91. The van der Waals surface area contributed by atoms with E-state index >= 15 is 0 Å². The van der Waals surface area contributed by atoms with Crippen LogP contribution in [0.3, 0.4) is 0 Å². The van der Waals surface area contributed by atoms with Crippen molar-refractivity contribution in [2.24, 2.45) is 0 Å². The summed E-state index contributed by atoms with van der Waals surface area (Å²) in [6, 6.07) is 4.79. The third kappa shape index (κ3) is 3.10. The van der Waals surface area contributed by atoms with Crippen molar-refractivity contribution in [1.29, 1.82) is 0 Å². The third-order valence-corrected chi connectivity index (χ3v) is 4.86. The fraction of sp³-hybridized carbons (Fsp3) is 0.462. The molecule has 0 spiro atoms. The Morgan fingerprint density at radius 3 is 2.50 bits per heavy atom. The first-order valence-electron chi connectivity index (χ1n) is 6.51. The van der Waals surface area contributed by atoms with Crippen LogP contribution >= 0.6 is 0 Å². The van der Waals surface area contributed by atoms with Gasteiger partial charge in [0.25, 0.3) is 0 Å². The third-order valence-electron chi connectivity index (χ3n) is 3.27. The van der Waals surface area contributed by atoms with Gasteiger partial charge >= 0.3 is 0 Å². The summed E-state index contributed by atoms with van der Waals surface area (Å²) in [5, 5.41) is 9.59. The first kappa shape index (κ1) is 14.8. The van der Waals surface area contributed by atoms with E-state index in [9.17, 15) is 18.3 Å². The van der Waals surface area contributed by atoms with Crippen LogP contribution in [0.15, 0.2) is 29.2 Å². The van der Waals surface area contributed by atoms with Gasteiger partial charge in [-0.15, -0.1) is 0 Å². The normalized spacial score (nSPS) is 17.1. The molecule has 1 unspecified atom stereocenters. The first-order chi connectivity index (χ1) is 9.42. The van der Waals surface area contributed by atoms with Crippen molar-refractivity contribution in [3.63, 3.8) is 0 Å². The van der Waals surface area contributed by atoms with Gasteiger partial charge in [0, 0.05) is 13.1 Å². The zero-order valence-corrected chi connectivity index (χ0v) is 12.1. The summed E-state index contributed by atoms with van der Waals surface area (Å²) in [6.45, 7) is 2.85. The van der Waals surface area contributed by atoms with Gasteiger partial charge in [-0.2, -0.15) is 4.72 Å². The molecule has 6 nitrogen and oxygen atoms in total. The maximum absolute atomic E-state index is 12.1. The number of rotatable bonds is 4. The van der Waals surface area contributed by atoms with Crippen LogP contribution < -0.4 is 4.72 Å². The second-order valence-electron chi connectivity index (χ2n) is 4.84. The van der Waals surface area contributed by atoms with Crippen molar-refractivity contribution in [3.05, 3.63) is 24.3 Å². The van der Waals surface area contributed by atoms with Gasteiger partial charge in [-0.05, 0) is 31.9 Å². The van der Waals surface area contributed by atoms with Gasteiger partial charge in [0.15, 0.2) is 0 Å². The average molecular weight is 298 g/mol. The molecular weight excluding hydrogens is 280 g/mol. The molecule has 7 heteroatoms. The minimum absolute atomic E-state index is 0.221. The lowest BCUT2D eigenvalue weighted by atomic mass is 10.3. The summed E-state index contributed by atoms with van der Waals surface area (Å²) >= 11 is 0. The Labute approximate surface area is 118 Å². The molecule has 1 amide bonds. The number of carbonyl (C=O) groups is 1. The van der Waals surface area contributed by atoms with Crippen molar-refractivity contribution in [3.8, 4) is 5.75 Å². The summed E-state index contributed by atoms with van der Waals surface area (Å²) in [6.07, 6.45) is 1.90. The van der Waals surface area contributed by atoms with Crippen LogP contribution in [0.2, 0.25) is 0 Å². The van der Waals surface area contributed by atoms with E-state index in [1.54, 1.807) is 4.90 Å². The number of para-hydroxylation sites is 1. The maximum atomic E-state index is 12.1. The number of carbonyl (C=O) groups excluding carboxylic acids is 1. The topological polar surface area (TPSA) is 86.7 Å². The summed E-state index contributed by atoms with van der Waals surface area (Å²) in [4.78, 5) is 13.5. The Hall–Kier alpha value is -1.60. The van der Waals surface area contributed by atoms with Crippen LogP contribution in [-0.4, -0.2) is 43.5 Å². The first-order valence-corrected chi connectivity index (χ1v) is 7.99. The smallest absolute Gasteiger partial charge is 0.244 e. The van der Waals surface area contributed by atoms with E-state index in [2.05, 4.69) is 4.72 Å². The molecule has 1 aliphatic heterocycles. The number of amides is 1. The lowest BCUT2D eigenvalue weighted by Gasteiger charge is -2.21. The van der Waals surface area contributed by atoms with E-state index in [1.165, 1.54) is 31.2 Å². The molecule has 0 bridgehead atoms. The number of hydrogen-bond donors (Lipinski definition) is 2. The molecular formula is C13H18N2O4S. The van der Waals surface area contributed by atoms with E-state index in [0.29, 0.717) is 13.1 Å². The molecule has 0 saturated carbocycles. The van der Waals surface area contributed by atoms with Crippen LogP contribution in [0.5, 0.6) is 5.75 Å². The SMILES string of the molecule is CC(NS(=O)(=O)c1ccccc1O)C(=O)N1CCCC1. The van der Waals surface area contributed by atoms with Crippen molar-refractivity contribution in [2.75, 3.05) is 13.1 Å². The number of nitrogens with one attached hydrogen (secondary N) is 1. The Morgan fingerprint density at radius 2 is 1.90 bits per heavy atom. The summed E-state index contributed by atoms with van der Waals surface area (Å²) < 4.78 is 26.6. The molecule has 0 aliphatic carbocycles. The number of benzene rings is 1. The zero-order chi connectivity index (χ0) is 14.8. The Morgan fingerprint density at radius 1 is 1.30 bits per heavy atom. The molecule has 1 atom stereocenters. The van der Waals surface area contributed by atoms with Gasteiger partial charge < -0.3 is 10.0 Å². The molecule has 2 rings (SSSR count). The monoisotopic (exact) mass is 298 g/mol. The number of phenolic OH excluding ortho intramolecular Hbond substituents is 1. The molecule has 1 aliphatic rings. The molecule has 1 aromatic rings. The molecule has 1 saturated heterocycles. The standard InChI is InChI=1S/C13H18N2O4S/c1-10(13(17)15-8-4-5-9-15)14-20(18,19)12-7-3-2-6-11(12)16/h2-3,6-7,10,14,16H,4-5,8-9H2,1H3. The van der Waals surface area contributed by atoms with Gasteiger partial charge in [-0.25, -0.2) is 8.42 Å². The van der Waals surface area contributed by atoms with Crippen LogP contribution in [0, 0.1) is 0 Å². The van der Waals surface area contributed by atoms with Crippen LogP contribution in [0.4, 0.5) is 0 Å². The average Bonchev–Trinajstić information content (AvgIpc) is 2.91. The second-order valence-corrected chi connectivity index (χ2v) is 6.53. The Kier molecular flexibility index (Phi) is 4.29. The highest BCUT2D eigenvalue weighted by molar-refractivity contribution is 7.89. The van der Waals surface area contributed by atoms with Crippen molar-refractivity contribution < 1.29 is 18.3 Å². The van der Waals surface area contributed by atoms with Gasteiger partial charge in [-0.1, -0.05) is 12.1 Å². The lowest BCUT2D eigenvalue weighted by molar-refractivity contribution is -0.131. The Bertz CT molecular complexity index is 594. The quantitative estimate of drug-likeness (QED) is 0.856. The van der Waals surface area contributed by atoms with Crippen molar-refractivity contribution in [2.45, 2.75) is 30.7 Å². The molecule has 20 heavy (non-hydrogen) atoms. The second kappa shape index (κ2) is 5.80. The molecule has 2 N–H and O–H groups in total. The maximum Gasteiger partial charge on any atom is 0.244 e. The summed E-state index contributed by atoms with van der Waals surface area (Å²) in [5.74, 6) is -0.567. The van der Waals surface area contributed by atoms with Gasteiger partial charge in [-0.3, -0.25) is 4.79 Å². The summed E-state index contributed by atoms with van der Waals surface area (Å²) in [5.41, 5.74) is 0. The highest BCUT2D eigenvalue weighted by atomic mass is 32.2. The van der Waals surface area contributed by atoms with E-state index < -0.39 is 16.1 Å². The van der Waals surface area contributed by atoms with Crippen LogP contribution in [0.25, 0.3) is 0 Å². The molecule has 0 aromatic heterocycles. The predicted octanol–water partition coefficient (Wildman–Crippen LogP) is 0.681. The van der Waals surface area contributed by atoms with E-state index in [4.69, 9.17) is 0 Å². The van der Waals surface area contributed by atoms with E-state index in [1.807, 2.05) is 0 Å².